The average Bonchev–Trinajstić information content (AvgIpc) is 2.39. The number of methoxy groups -OCH3 is 1. The van der Waals surface area contributed by atoms with Crippen LogP contribution in [0.1, 0.15) is 41.5 Å². The van der Waals surface area contributed by atoms with Crippen LogP contribution in [0.3, 0.4) is 0 Å². The molecule has 0 amide bonds. The predicted molar refractivity (Wildman–Crippen MR) is 74.0 cm³/mol. The van der Waals surface area contributed by atoms with Gasteiger partial charge in [0.05, 0.1) is 0 Å². The third-order valence-electron chi connectivity index (χ3n) is 5.11. The molecule has 1 atom stereocenters. The van der Waals surface area contributed by atoms with Gasteiger partial charge in [0.25, 0.3) is 0 Å². The van der Waals surface area contributed by atoms with Crippen molar-refractivity contribution in [3.05, 3.63) is 22.3 Å². The minimum Gasteiger partial charge on any atom is -0.507 e. The smallest absolute Gasteiger partial charge is 0.135 e. The van der Waals surface area contributed by atoms with Gasteiger partial charge in [-0.15, -0.1) is 0 Å². The van der Waals surface area contributed by atoms with Crippen LogP contribution in [0.5, 0.6) is 11.5 Å². The quantitative estimate of drug-likeness (QED) is 0.844. The van der Waals surface area contributed by atoms with Crippen LogP contribution in [0.2, 0.25) is 0 Å². The summed E-state index contributed by atoms with van der Waals surface area (Å²) in [6, 6.07) is 0. The van der Waals surface area contributed by atoms with Gasteiger partial charge >= 0.3 is 0 Å². The molecular weight excluding hydrogens is 240 g/mol. The van der Waals surface area contributed by atoms with Gasteiger partial charge in [-0.25, -0.2) is 0 Å². The summed E-state index contributed by atoms with van der Waals surface area (Å²) < 4.78 is 12.0. The number of aromatic hydroxyl groups is 1. The summed E-state index contributed by atoms with van der Waals surface area (Å²) in [4.78, 5) is 0. The number of rotatable bonds is 1. The van der Waals surface area contributed by atoms with Gasteiger partial charge < -0.3 is 14.6 Å². The highest BCUT2D eigenvalue weighted by molar-refractivity contribution is 5.58. The van der Waals surface area contributed by atoms with Crippen molar-refractivity contribution in [2.24, 2.45) is 0 Å². The monoisotopic (exact) mass is 262 g/mol. The number of ether oxygens (including phenoxy) is 2. The van der Waals surface area contributed by atoms with Gasteiger partial charge in [-0.1, -0.05) is 0 Å². The van der Waals surface area contributed by atoms with Gasteiger partial charge in [0.1, 0.15) is 23.2 Å². The number of benzene rings is 1. The van der Waals surface area contributed by atoms with Gasteiger partial charge in [0, 0.05) is 19.1 Å². The van der Waals surface area contributed by atoms with Crippen molar-refractivity contribution in [1.82, 2.24) is 0 Å². The van der Waals surface area contributed by atoms with Crippen LogP contribution < -0.4 is 4.74 Å². The molecule has 1 N–H and O–H groups in total. The highest BCUT2D eigenvalue weighted by atomic mass is 16.6. The lowest BCUT2D eigenvalue weighted by Gasteiger charge is -2.50. The maximum atomic E-state index is 10.2. The Morgan fingerprint density at radius 1 is 1.16 bits per heavy atom. The van der Waals surface area contributed by atoms with Crippen molar-refractivity contribution in [1.29, 1.82) is 0 Å². The molecule has 104 valence electrons. The number of phenols is 1. The summed E-state index contributed by atoms with van der Waals surface area (Å²) in [5.74, 6) is 1.39. The van der Waals surface area contributed by atoms with E-state index in [2.05, 4.69) is 0 Å². The molecule has 1 aliphatic heterocycles. The van der Waals surface area contributed by atoms with Crippen LogP contribution in [-0.4, -0.2) is 23.9 Å². The van der Waals surface area contributed by atoms with Gasteiger partial charge in [0.2, 0.25) is 0 Å². The van der Waals surface area contributed by atoms with Crippen LogP contribution in [0.4, 0.5) is 0 Å². The fraction of sp³-hybridized carbons (Fsp3) is 0.625. The van der Waals surface area contributed by atoms with E-state index in [9.17, 15) is 5.11 Å². The molecule has 0 bridgehead atoms. The molecule has 1 aromatic carbocycles. The van der Waals surface area contributed by atoms with Crippen LogP contribution >= 0.6 is 0 Å². The Morgan fingerprint density at radius 2 is 1.84 bits per heavy atom. The largest absolute Gasteiger partial charge is 0.507 e. The van der Waals surface area contributed by atoms with E-state index < -0.39 is 0 Å². The molecule has 3 nitrogen and oxygen atoms in total. The summed E-state index contributed by atoms with van der Waals surface area (Å²) in [5, 5.41) is 10.2. The highest BCUT2D eigenvalue weighted by Crippen LogP contribution is 2.50. The molecule has 3 heteroatoms. The van der Waals surface area contributed by atoms with E-state index in [0.29, 0.717) is 5.75 Å². The first kappa shape index (κ1) is 12.8. The van der Waals surface area contributed by atoms with E-state index in [1.807, 2.05) is 20.8 Å². The lowest BCUT2D eigenvalue weighted by Crippen LogP contribution is -2.57. The zero-order valence-electron chi connectivity index (χ0n) is 12.2. The second-order valence-electron chi connectivity index (χ2n) is 5.98. The number of hydrogen-bond donors (Lipinski definition) is 1. The van der Waals surface area contributed by atoms with Crippen molar-refractivity contribution in [3.63, 3.8) is 0 Å². The van der Waals surface area contributed by atoms with Crippen LogP contribution in [-0.2, 0) is 11.2 Å². The second-order valence-corrected chi connectivity index (χ2v) is 5.98. The molecule has 1 aromatic rings. The molecule has 1 aliphatic carbocycles. The lowest BCUT2D eigenvalue weighted by atomic mass is 9.71. The summed E-state index contributed by atoms with van der Waals surface area (Å²) in [6.07, 6.45) is 4.30. The molecule has 1 fully saturated rings. The Morgan fingerprint density at radius 3 is 2.37 bits per heavy atom. The van der Waals surface area contributed by atoms with Crippen molar-refractivity contribution in [2.75, 3.05) is 7.11 Å². The maximum absolute atomic E-state index is 10.2. The van der Waals surface area contributed by atoms with E-state index in [4.69, 9.17) is 9.47 Å². The molecule has 0 radical (unpaired) electrons. The van der Waals surface area contributed by atoms with Crippen LogP contribution in [0, 0.1) is 20.8 Å². The minimum absolute atomic E-state index is 0.106. The number of phenolic OH excluding ortho intramolecular Hbond substituents is 1. The summed E-state index contributed by atoms with van der Waals surface area (Å²) in [7, 11) is 1.76. The Hall–Kier alpha value is -1.22. The lowest BCUT2D eigenvalue weighted by molar-refractivity contribution is -0.130. The van der Waals surface area contributed by atoms with Gasteiger partial charge in [-0.3, -0.25) is 0 Å². The highest BCUT2D eigenvalue weighted by Gasteiger charge is 2.50. The summed E-state index contributed by atoms with van der Waals surface area (Å²) >= 11 is 0. The van der Waals surface area contributed by atoms with Crippen LogP contribution in [0.25, 0.3) is 0 Å². The van der Waals surface area contributed by atoms with Crippen molar-refractivity contribution in [2.45, 2.75) is 58.2 Å². The standard InChI is InChI=1S/C16H22O3/c1-9-10(2)15-12(11(3)14(9)17)8-13(18-4)16(19-15)6-5-7-16/h13,17H,5-8H2,1-4H3. The number of fused-ring (bicyclic) bond motifs is 1. The Labute approximate surface area is 114 Å². The summed E-state index contributed by atoms with van der Waals surface area (Å²) in [6.45, 7) is 5.96. The van der Waals surface area contributed by atoms with E-state index >= 15 is 0 Å². The van der Waals surface area contributed by atoms with Crippen molar-refractivity contribution < 1.29 is 14.6 Å². The van der Waals surface area contributed by atoms with Crippen LogP contribution in [0.15, 0.2) is 0 Å². The van der Waals surface area contributed by atoms with Gasteiger partial charge in [-0.2, -0.15) is 0 Å². The molecule has 1 saturated carbocycles. The minimum atomic E-state index is -0.123. The topological polar surface area (TPSA) is 38.7 Å². The zero-order chi connectivity index (χ0) is 13.8. The van der Waals surface area contributed by atoms with E-state index in [0.717, 1.165) is 47.3 Å². The first-order valence-electron chi connectivity index (χ1n) is 7.03. The molecule has 1 spiro atoms. The molecule has 1 heterocycles. The first-order chi connectivity index (χ1) is 9.00. The average molecular weight is 262 g/mol. The maximum Gasteiger partial charge on any atom is 0.135 e. The molecule has 0 saturated heterocycles. The SMILES string of the molecule is COC1Cc2c(C)c(O)c(C)c(C)c2OC12CCC2. The Balaban J connectivity index is 2.14. The number of hydrogen-bond acceptors (Lipinski definition) is 3. The molecule has 3 rings (SSSR count). The normalized spacial score (nSPS) is 23.7. The van der Waals surface area contributed by atoms with Crippen molar-refractivity contribution >= 4 is 0 Å². The fourth-order valence-electron chi connectivity index (χ4n) is 3.44. The molecular formula is C16H22O3. The Bertz CT molecular complexity index is 530. The molecule has 2 aliphatic rings. The molecule has 19 heavy (non-hydrogen) atoms. The third kappa shape index (κ3) is 1.61. The van der Waals surface area contributed by atoms with E-state index in [-0.39, 0.29) is 11.7 Å². The zero-order valence-corrected chi connectivity index (χ0v) is 12.2. The summed E-state index contributed by atoms with van der Waals surface area (Å²) in [5.41, 5.74) is 3.93. The van der Waals surface area contributed by atoms with Gasteiger partial charge in [0.15, 0.2) is 0 Å². The van der Waals surface area contributed by atoms with E-state index in [1.165, 1.54) is 6.42 Å². The van der Waals surface area contributed by atoms with E-state index in [1.54, 1.807) is 7.11 Å². The van der Waals surface area contributed by atoms with Crippen molar-refractivity contribution in [3.8, 4) is 11.5 Å². The molecule has 0 aromatic heterocycles. The first-order valence-corrected chi connectivity index (χ1v) is 7.03. The molecule has 1 unspecified atom stereocenters. The fourth-order valence-corrected chi connectivity index (χ4v) is 3.44. The van der Waals surface area contributed by atoms with Gasteiger partial charge in [-0.05, 0) is 56.7 Å². The second kappa shape index (κ2) is 4.14. The Kier molecular flexibility index (Phi) is 2.79. The predicted octanol–water partition coefficient (Wildman–Crippen LogP) is 3.19. The third-order valence-corrected chi connectivity index (χ3v) is 5.11.